The number of hydrogen-bond acceptors (Lipinski definition) is 4. The molecule has 6 rings (SSSR count). The van der Waals surface area contributed by atoms with Crippen LogP contribution in [0.4, 0.5) is 11.4 Å². The van der Waals surface area contributed by atoms with Crippen LogP contribution in [-0.2, 0) is 11.2 Å². The number of aryl methyl sites for hydroxylation is 1. The van der Waals surface area contributed by atoms with Gasteiger partial charge in [0.15, 0.2) is 0 Å². The second-order valence-corrected chi connectivity index (χ2v) is 10.3. The van der Waals surface area contributed by atoms with Crippen molar-refractivity contribution in [1.82, 2.24) is 9.80 Å². The number of carbonyl (C=O) groups excluding carboxylic acids is 1. The van der Waals surface area contributed by atoms with E-state index in [1.165, 1.54) is 16.7 Å². The van der Waals surface area contributed by atoms with E-state index in [4.69, 9.17) is 4.99 Å². The van der Waals surface area contributed by atoms with Crippen LogP contribution in [0.25, 0.3) is 0 Å². The molecule has 1 amide bonds. The van der Waals surface area contributed by atoms with Gasteiger partial charge >= 0.3 is 0 Å². The lowest BCUT2D eigenvalue weighted by Crippen LogP contribution is -2.51. The molecular formula is C34H34N4O. The molecule has 2 aliphatic heterocycles. The first kappa shape index (κ1) is 25.2. The number of piperazine rings is 1. The molecular weight excluding hydrogens is 480 g/mol. The first-order valence-electron chi connectivity index (χ1n) is 13.9. The summed E-state index contributed by atoms with van der Waals surface area (Å²) in [5.41, 5.74) is 7.09. The number of fused-ring (bicyclic) bond motifs is 1. The molecule has 5 nitrogen and oxygen atoms in total. The molecule has 0 bridgehead atoms. The number of nitrogens with zero attached hydrogens (tertiary/aromatic N) is 4. The number of benzene rings is 4. The van der Waals surface area contributed by atoms with E-state index in [1.807, 2.05) is 41.3 Å². The minimum absolute atomic E-state index is 0.0235. The van der Waals surface area contributed by atoms with Crippen molar-refractivity contribution in [1.29, 1.82) is 0 Å². The Balaban J connectivity index is 1.18. The summed E-state index contributed by atoms with van der Waals surface area (Å²) < 4.78 is 0. The van der Waals surface area contributed by atoms with Crippen molar-refractivity contribution < 1.29 is 4.79 Å². The fraction of sp³-hybridized carbons (Fsp3) is 0.235. The van der Waals surface area contributed by atoms with E-state index in [-0.39, 0.29) is 11.9 Å². The van der Waals surface area contributed by atoms with Crippen LogP contribution >= 0.6 is 0 Å². The quantitative estimate of drug-likeness (QED) is 0.300. The lowest BCUT2D eigenvalue weighted by atomic mass is 9.96. The van der Waals surface area contributed by atoms with Gasteiger partial charge in [-0.05, 0) is 41.3 Å². The summed E-state index contributed by atoms with van der Waals surface area (Å²) in [6.45, 7) is 6.36. The number of hydrogen-bond donors (Lipinski definition) is 0. The van der Waals surface area contributed by atoms with Gasteiger partial charge in [-0.25, -0.2) is 4.99 Å². The summed E-state index contributed by atoms with van der Waals surface area (Å²) in [4.78, 5) is 25.3. The molecule has 1 saturated heterocycles. The number of amides is 1. The number of rotatable bonds is 7. The zero-order valence-corrected chi connectivity index (χ0v) is 22.4. The number of aliphatic imine (C=N–C) groups is 1. The van der Waals surface area contributed by atoms with Gasteiger partial charge in [0.25, 0.3) is 5.91 Å². The Morgan fingerprint density at radius 2 is 1.31 bits per heavy atom. The highest BCUT2D eigenvalue weighted by atomic mass is 16.2. The van der Waals surface area contributed by atoms with E-state index < -0.39 is 0 Å². The Morgan fingerprint density at radius 1 is 0.718 bits per heavy atom. The summed E-state index contributed by atoms with van der Waals surface area (Å²) in [5, 5.41) is 0. The summed E-state index contributed by atoms with van der Waals surface area (Å²) in [6, 6.07) is 37.9. The first-order chi connectivity index (χ1) is 19.2. The Morgan fingerprint density at radius 3 is 1.92 bits per heavy atom. The normalized spacial score (nSPS) is 17.2. The topological polar surface area (TPSA) is 39.2 Å². The molecule has 0 aromatic heterocycles. The zero-order chi connectivity index (χ0) is 26.6. The van der Waals surface area contributed by atoms with E-state index in [2.05, 4.69) is 89.5 Å². The van der Waals surface area contributed by atoms with Crippen molar-refractivity contribution in [2.75, 3.05) is 37.7 Å². The Labute approximate surface area is 231 Å². The van der Waals surface area contributed by atoms with Crippen LogP contribution in [0.5, 0.6) is 0 Å². The van der Waals surface area contributed by atoms with Crippen LogP contribution in [0.3, 0.4) is 0 Å². The molecule has 0 aliphatic carbocycles. The van der Waals surface area contributed by atoms with Gasteiger partial charge in [-0.3, -0.25) is 19.5 Å². The highest BCUT2D eigenvalue weighted by Crippen LogP contribution is 2.33. The van der Waals surface area contributed by atoms with Crippen molar-refractivity contribution in [3.63, 3.8) is 0 Å². The predicted molar refractivity (Wildman–Crippen MR) is 159 cm³/mol. The Kier molecular flexibility index (Phi) is 7.35. The zero-order valence-electron chi connectivity index (χ0n) is 22.4. The lowest BCUT2D eigenvalue weighted by molar-refractivity contribution is -0.112. The second kappa shape index (κ2) is 11.4. The summed E-state index contributed by atoms with van der Waals surface area (Å²) in [6.07, 6.45) is 0.983. The average molecular weight is 515 g/mol. The largest absolute Gasteiger partial charge is 0.293 e. The fourth-order valence-electron chi connectivity index (χ4n) is 5.69. The van der Waals surface area contributed by atoms with Crippen molar-refractivity contribution in [2.45, 2.75) is 19.4 Å². The van der Waals surface area contributed by atoms with Gasteiger partial charge in [-0.15, -0.1) is 0 Å². The number of para-hydroxylation sites is 1. The van der Waals surface area contributed by atoms with Crippen LogP contribution in [0.15, 0.2) is 114 Å². The van der Waals surface area contributed by atoms with Crippen LogP contribution in [0.1, 0.15) is 35.2 Å². The highest BCUT2D eigenvalue weighted by molar-refractivity contribution is 6.54. The third kappa shape index (κ3) is 5.29. The molecule has 2 heterocycles. The average Bonchev–Trinajstić information content (AvgIpc) is 3.25. The Bertz CT molecular complexity index is 1400. The third-order valence-electron chi connectivity index (χ3n) is 7.83. The standard InChI is InChI=1S/C34H34N4O/c1-2-26-17-19-29(20-18-26)35-32-30-15-9-10-16-31(30)38(34(32)39)25-36-21-23-37(24-22-36)33(27-11-5-3-6-12-27)28-13-7-4-8-14-28/h3-20,33H,2,21-25H2,1H3. The summed E-state index contributed by atoms with van der Waals surface area (Å²) >= 11 is 0. The Hall–Kier alpha value is -4.06. The predicted octanol–water partition coefficient (Wildman–Crippen LogP) is 6.08. The van der Waals surface area contributed by atoms with Gasteiger partial charge in [0.2, 0.25) is 0 Å². The van der Waals surface area contributed by atoms with Gasteiger partial charge in [-0.1, -0.05) is 97.9 Å². The SMILES string of the molecule is CCc1ccc(N=C2C(=O)N(CN3CCN(C(c4ccccc4)c4ccccc4)CC3)c3ccccc32)cc1. The van der Waals surface area contributed by atoms with Crippen LogP contribution in [-0.4, -0.2) is 54.3 Å². The first-order valence-corrected chi connectivity index (χ1v) is 13.9. The third-order valence-corrected chi connectivity index (χ3v) is 7.83. The maximum Gasteiger partial charge on any atom is 0.278 e. The highest BCUT2D eigenvalue weighted by Gasteiger charge is 2.35. The molecule has 0 spiro atoms. The van der Waals surface area contributed by atoms with Crippen molar-refractivity contribution in [3.05, 3.63) is 131 Å². The molecule has 39 heavy (non-hydrogen) atoms. The maximum absolute atomic E-state index is 13.7. The molecule has 5 heteroatoms. The number of carbonyl (C=O) groups is 1. The second-order valence-electron chi connectivity index (χ2n) is 10.3. The summed E-state index contributed by atoms with van der Waals surface area (Å²) in [5.74, 6) is -0.0235. The molecule has 0 atom stereocenters. The van der Waals surface area contributed by atoms with Crippen molar-refractivity contribution in [2.24, 2.45) is 4.99 Å². The molecule has 1 fully saturated rings. The summed E-state index contributed by atoms with van der Waals surface area (Å²) in [7, 11) is 0. The molecule has 4 aromatic carbocycles. The fourth-order valence-corrected chi connectivity index (χ4v) is 5.69. The minimum atomic E-state index is -0.0235. The maximum atomic E-state index is 13.7. The van der Waals surface area contributed by atoms with Crippen molar-refractivity contribution in [3.8, 4) is 0 Å². The van der Waals surface area contributed by atoms with Crippen LogP contribution < -0.4 is 4.90 Å². The van der Waals surface area contributed by atoms with E-state index in [0.29, 0.717) is 12.4 Å². The van der Waals surface area contributed by atoms with Crippen LogP contribution in [0.2, 0.25) is 0 Å². The van der Waals surface area contributed by atoms with E-state index in [0.717, 1.165) is 49.5 Å². The lowest BCUT2D eigenvalue weighted by Gasteiger charge is -2.40. The number of anilines is 1. The minimum Gasteiger partial charge on any atom is -0.293 e. The molecule has 2 aliphatic rings. The van der Waals surface area contributed by atoms with Gasteiger partial charge < -0.3 is 0 Å². The molecule has 0 N–H and O–H groups in total. The molecule has 0 unspecified atom stereocenters. The van der Waals surface area contributed by atoms with Crippen LogP contribution in [0, 0.1) is 0 Å². The molecule has 196 valence electrons. The van der Waals surface area contributed by atoms with Gasteiger partial charge in [-0.2, -0.15) is 0 Å². The molecule has 0 radical (unpaired) electrons. The smallest absolute Gasteiger partial charge is 0.278 e. The van der Waals surface area contributed by atoms with E-state index >= 15 is 0 Å². The van der Waals surface area contributed by atoms with Gasteiger partial charge in [0.05, 0.1) is 24.1 Å². The molecule has 4 aromatic rings. The van der Waals surface area contributed by atoms with E-state index in [1.54, 1.807) is 0 Å². The molecule has 0 saturated carbocycles. The van der Waals surface area contributed by atoms with Gasteiger partial charge in [0, 0.05) is 31.7 Å². The van der Waals surface area contributed by atoms with E-state index in [9.17, 15) is 4.79 Å². The van der Waals surface area contributed by atoms with Crippen molar-refractivity contribution >= 4 is 23.0 Å². The van der Waals surface area contributed by atoms with Gasteiger partial charge in [0.1, 0.15) is 5.71 Å². The monoisotopic (exact) mass is 514 g/mol.